The first kappa shape index (κ1) is 20.1. The van der Waals surface area contributed by atoms with Crippen molar-refractivity contribution >= 4 is 55.2 Å². The molecule has 140 valence electrons. The number of aromatic nitrogens is 3. The van der Waals surface area contributed by atoms with Crippen LogP contribution in [0.15, 0.2) is 50.5 Å². The van der Waals surface area contributed by atoms with Crippen LogP contribution in [0, 0.1) is 13.8 Å². The van der Waals surface area contributed by atoms with Gasteiger partial charge in [0.1, 0.15) is 0 Å². The first-order valence-electron chi connectivity index (χ1n) is 8.20. The van der Waals surface area contributed by atoms with Crippen LogP contribution in [0.2, 0.25) is 0 Å². The summed E-state index contributed by atoms with van der Waals surface area (Å²) < 4.78 is 3.78. The molecule has 0 fully saturated rings. The largest absolute Gasteiger partial charge is 0.324 e. The molecule has 2 aromatic carbocycles. The molecular weight excluding hydrogens is 492 g/mol. The van der Waals surface area contributed by atoms with E-state index in [4.69, 9.17) is 0 Å². The van der Waals surface area contributed by atoms with Gasteiger partial charge in [0.2, 0.25) is 5.91 Å². The molecule has 0 atom stereocenters. The summed E-state index contributed by atoms with van der Waals surface area (Å²) in [6.45, 7) is 4.06. The second-order valence-corrected chi connectivity index (χ2v) is 8.84. The first-order chi connectivity index (χ1) is 12.8. The van der Waals surface area contributed by atoms with E-state index in [2.05, 4.69) is 47.4 Å². The number of halogens is 2. The Bertz CT molecular complexity index is 986. The number of anilines is 1. The number of rotatable bonds is 5. The van der Waals surface area contributed by atoms with Crippen LogP contribution in [-0.2, 0) is 11.8 Å². The van der Waals surface area contributed by atoms with Crippen LogP contribution in [-0.4, -0.2) is 26.4 Å². The van der Waals surface area contributed by atoms with Gasteiger partial charge in [0.15, 0.2) is 11.0 Å². The van der Waals surface area contributed by atoms with Crippen LogP contribution < -0.4 is 5.32 Å². The van der Waals surface area contributed by atoms with E-state index in [9.17, 15) is 4.79 Å². The van der Waals surface area contributed by atoms with Gasteiger partial charge in [0.25, 0.3) is 0 Å². The number of amides is 1. The molecular formula is C19H18Br2N4OS. The van der Waals surface area contributed by atoms with Crippen LogP contribution in [0.5, 0.6) is 0 Å². The summed E-state index contributed by atoms with van der Waals surface area (Å²) >= 11 is 8.29. The zero-order valence-electron chi connectivity index (χ0n) is 15.1. The second-order valence-electron chi connectivity index (χ2n) is 6.13. The van der Waals surface area contributed by atoms with E-state index < -0.39 is 0 Å². The average molecular weight is 510 g/mol. The van der Waals surface area contributed by atoms with E-state index in [1.807, 2.05) is 61.9 Å². The Kier molecular flexibility index (Phi) is 6.39. The molecule has 1 amide bonds. The molecule has 0 unspecified atom stereocenters. The van der Waals surface area contributed by atoms with Gasteiger partial charge in [-0.25, -0.2) is 0 Å². The number of hydrogen-bond acceptors (Lipinski definition) is 4. The highest BCUT2D eigenvalue weighted by molar-refractivity contribution is 9.10. The van der Waals surface area contributed by atoms with E-state index in [0.717, 1.165) is 31.6 Å². The van der Waals surface area contributed by atoms with Gasteiger partial charge < -0.3 is 9.88 Å². The van der Waals surface area contributed by atoms with Crippen molar-refractivity contribution in [1.29, 1.82) is 0 Å². The number of carbonyl (C=O) groups is 1. The van der Waals surface area contributed by atoms with E-state index in [-0.39, 0.29) is 11.7 Å². The zero-order chi connectivity index (χ0) is 19.6. The zero-order valence-corrected chi connectivity index (χ0v) is 19.1. The number of benzene rings is 2. The number of thioether (sulfide) groups is 1. The fourth-order valence-electron chi connectivity index (χ4n) is 2.48. The minimum atomic E-state index is -0.0860. The number of hydrogen-bond donors (Lipinski definition) is 1. The third-order valence-electron chi connectivity index (χ3n) is 4.13. The summed E-state index contributed by atoms with van der Waals surface area (Å²) in [4.78, 5) is 12.3. The van der Waals surface area contributed by atoms with Gasteiger partial charge in [-0.2, -0.15) is 0 Å². The molecule has 1 heterocycles. The Labute approximate surface area is 179 Å². The molecule has 5 nitrogen and oxygen atoms in total. The lowest BCUT2D eigenvalue weighted by atomic mass is 10.1. The smallest absolute Gasteiger partial charge is 0.234 e. The second kappa shape index (κ2) is 8.58. The molecule has 0 aliphatic carbocycles. The van der Waals surface area contributed by atoms with E-state index in [1.165, 1.54) is 17.3 Å². The molecule has 1 aromatic heterocycles. The van der Waals surface area contributed by atoms with Gasteiger partial charge in [-0.15, -0.1) is 10.2 Å². The van der Waals surface area contributed by atoms with Crippen molar-refractivity contribution in [2.24, 2.45) is 7.05 Å². The summed E-state index contributed by atoms with van der Waals surface area (Å²) in [5.74, 6) is 0.936. The third kappa shape index (κ3) is 4.80. The van der Waals surface area contributed by atoms with Crippen LogP contribution >= 0.6 is 43.6 Å². The lowest BCUT2D eigenvalue weighted by Gasteiger charge is -2.10. The fraction of sp³-hybridized carbons (Fsp3) is 0.211. The number of nitrogens with zero attached hydrogens (tertiary/aromatic N) is 3. The van der Waals surface area contributed by atoms with E-state index >= 15 is 0 Å². The molecule has 27 heavy (non-hydrogen) atoms. The van der Waals surface area contributed by atoms with Gasteiger partial charge in [-0.3, -0.25) is 4.79 Å². The molecule has 0 spiro atoms. The quantitative estimate of drug-likeness (QED) is 0.470. The Hall–Kier alpha value is -1.64. The first-order valence-corrected chi connectivity index (χ1v) is 10.8. The maximum absolute atomic E-state index is 12.3. The van der Waals surface area contributed by atoms with Crippen LogP contribution in [0.1, 0.15) is 11.1 Å². The monoisotopic (exact) mass is 508 g/mol. The van der Waals surface area contributed by atoms with Crippen LogP contribution in [0.25, 0.3) is 11.4 Å². The maximum Gasteiger partial charge on any atom is 0.234 e. The molecule has 1 N–H and O–H groups in total. The Morgan fingerprint density at radius 1 is 1.11 bits per heavy atom. The van der Waals surface area contributed by atoms with Crippen molar-refractivity contribution in [2.45, 2.75) is 19.0 Å². The van der Waals surface area contributed by atoms with Crippen molar-refractivity contribution in [3.63, 3.8) is 0 Å². The normalized spacial score (nSPS) is 10.9. The maximum atomic E-state index is 12.3. The van der Waals surface area contributed by atoms with Gasteiger partial charge in [-0.05, 0) is 65.2 Å². The molecule has 0 saturated carbocycles. The molecule has 0 bridgehead atoms. The van der Waals surface area contributed by atoms with Crippen molar-refractivity contribution in [3.05, 3.63) is 56.5 Å². The highest BCUT2D eigenvalue weighted by Gasteiger charge is 2.14. The van der Waals surface area contributed by atoms with Crippen LogP contribution in [0.4, 0.5) is 5.69 Å². The SMILES string of the molecule is Cc1cc(Br)c(NC(=O)CSc2nnc(-c3ccc(Br)cc3)n2C)cc1C. The van der Waals surface area contributed by atoms with E-state index in [0.29, 0.717) is 5.16 Å². The third-order valence-corrected chi connectivity index (χ3v) is 6.33. The molecule has 8 heteroatoms. The summed E-state index contributed by atoms with van der Waals surface area (Å²) in [6, 6.07) is 11.9. The number of nitrogens with one attached hydrogen (secondary N) is 1. The summed E-state index contributed by atoms with van der Waals surface area (Å²) in [5, 5.41) is 12.1. The van der Waals surface area contributed by atoms with Crippen molar-refractivity contribution in [3.8, 4) is 11.4 Å². The molecule has 0 aliphatic heterocycles. The fourth-order valence-corrected chi connectivity index (χ4v) is 4.02. The molecule has 0 radical (unpaired) electrons. The van der Waals surface area contributed by atoms with Gasteiger partial charge in [0, 0.05) is 21.6 Å². The van der Waals surface area contributed by atoms with Crippen molar-refractivity contribution < 1.29 is 4.79 Å². The predicted molar refractivity (Wildman–Crippen MR) is 117 cm³/mol. The summed E-state index contributed by atoms with van der Waals surface area (Å²) in [5.41, 5.74) is 4.06. The Morgan fingerprint density at radius 3 is 2.48 bits per heavy atom. The number of aryl methyl sites for hydroxylation is 2. The van der Waals surface area contributed by atoms with Crippen molar-refractivity contribution in [2.75, 3.05) is 11.1 Å². The highest BCUT2D eigenvalue weighted by Crippen LogP contribution is 2.27. The standard InChI is InChI=1S/C19H18Br2N4OS/c1-11-8-15(21)16(9-12(11)2)22-17(26)10-27-19-24-23-18(25(19)3)13-4-6-14(20)7-5-13/h4-9H,10H2,1-3H3,(H,22,26). The predicted octanol–water partition coefficient (Wildman–Crippen LogP) is 5.35. The van der Waals surface area contributed by atoms with Crippen LogP contribution in [0.3, 0.4) is 0 Å². The highest BCUT2D eigenvalue weighted by atomic mass is 79.9. The molecule has 0 saturated heterocycles. The average Bonchev–Trinajstić information content (AvgIpc) is 2.99. The number of carbonyl (C=O) groups excluding carboxylic acids is 1. The summed E-state index contributed by atoms with van der Waals surface area (Å²) in [7, 11) is 1.90. The minimum absolute atomic E-state index is 0.0860. The topological polar surface area (TPSA) is 59.8 Å². The molecule has 3 aromatic rings. The van der Waals surface area contributed by atoms with Crippen molar-refractivity contribution in [1.82, 2.24) is 14.8 Å². The molecule has 3 rings (SSSR count). The van der Waals surface area contributed by atoms with E-state index in [1.54, 1.807) is 0 Å². The lowest BCUT2D eigenvalue weighted by Crippen LogP contribution is -2.15. The lowest BCUT2D eigenvalue weighted by molar-refractivity contribution is -0.113. The Morgan fingerprint density at radius 2 is 1.78 bits per heavy atom. The Balaban J connectivity index is 1.66. The minimum Gasteiger partial charge on any atom is -0.324 e. The molecule has 0 aliphatic rings. The summed E-state index contributed by atoms with van der Waals surface area (Å²) in [6.07, 6.45) is 0. The van der Waals surface area contributed by atoms with Gasteiger partial charge >= 0.3 is 0 Å². The van der Waals surface area contributed by atoms with Gasteiger partial charge in [-0.1, -0.05) is 39.8 Å². The van der Waals surface area contributed by atoms with Gasteiger partial charge in [0.05, 0.1) is 11.4 Å².